The molecule has 0 aliphatic carbocycles. The van der Waals surface area contributed by atoms with Crippen molar-refractivity contribution in [3.8, 4) is 0 Å². The molecule has 0 spiro atoms. The Balaban J connectivity index is 0.00000361. The zero-order chi connectivity index (χ0) is 15.0. The number of aliphatic hydroxyl groups is 1. The van der Waals surface area contributed by atoms with E-state index in [9.17, 15) is 18.3 Å². The highest BCUT2D eigenvalue weighted by Crippen LogP contribution is 2.38. The average Bonchev–Trinajstić information content (AvgIpc) is 2.24. The normalized spacial score (nSPS) is 15.4. The molecule has 0 heterocycles. The highest BCUT2D eigenvalue weighted by atomic mass is 35.5. The molecule has 0 saturated heterocycles. The predicted molar refractivity (Wildman–Crippen MR) is 76.1 cm³/mol. The van der Waals surface area contributed by atoms with Crippen molar-refractivity contribution in [3.05, 3.63) is 34.3 Å². The minimum atomic E-state index is -4.56. The third-order valence-electron chi connectivity index (χ3n) is 2.91. The number of benzene rings is 1. The van der Waals surface area contributed by atoms with E-state index in [4.69, 9.17) is 17.3 Å². The molecule has 0 radical (unpaired) electrons. The molecule has 1 aromatic carbocycles. The van der Waals surface area contributed by atoms with Crippen molar-refractivity contribution in [1.29, 1.82) is 0 Å². The lowest BCUT2D eigenvalue weighted by atomic mass is 9.81. The van der Waals surface area contributed by atoms with Crippen LogP contribution in [0, 0.1) is 5.41 Å². The molecule has 0 unspecified atom stereocenters. The summed E-state index contributed by atoms with van der Waals surface area (Å²) in [5, 5.41) is 10.0. The fourth-order valence-electron chi connectivity index (χ4n) is 1.77. The lowest BCUT2D eigenvalue weighted by Crippen LogP contribution is -2.38. The summed E-state index contributed by atoms with van der Waals surface area (Å²) in [6, 6.07) is 2.24. The molecular formula is C13H18Cl2F3NO. The Morgan fingerprint density at radius 3 is 2.10 bits per heavy atom. The predicted octanol–water partition coefficient (Wildman–Crippen LogP) is 4.19. The van der Waals surface area contributed by atoms with Crippen LogP contribution in [-0.2, 0) is 6.18 Å². The first-order valence-electron chi connectivity index (χ1n) is 5.75. The van der Waals surface area contributed by atoms with Gasteiger partial charge in [0.15, 0.2) is 0 Å². The van der Waals surface area contributed by atoms with Crippen molar-refractivity contribution in [3.63, 3.8) is 0 Å². The van der Waals surface area contributed by atoms with Crippen LogP contribution in [0.3, 0.4) is 0 Å². The largest absolute Gasteiger partial charge is 0.416 e. The molecule has 2 nitrogen and oxygen atoms in total. The van der Waals surface area contributed by atoms with E-state index in [0.29, 0.717) is 0 Å². The van der Waals surface area contributed by atoms with Gasteiger partial charge in [-0.05, 0) is 23.1 Å². The average molecular weight is 332 g/mol. The third-order valence-corrected chi connectivity index (χ3v) is 3.14. The molecule has 0 bridgehead atoms. The minimum absolute atomic E-state index is 0. The van der Waals surface area contributed by atoms with Crippen molar-refractivity contribution in [1.82, 2.24) is 0 Å². The van der Waals surface area contributed by atoms with Crippen LogP contribution in [-0.4, -0.2) is 11.2 Å². The Hall–Kier alpha value is -0.490. The molecule has 0 amide bonds. The minimum Gasteiger partial charge on any atom is -0.391 e. The van der Waals surface area contributed by atoms with E-state index in [0.717, 1.165) is 6.07 Å². The van der Waals surface area contributed by atoms with Gasteiger partial charge in [-0.1, -0.05) is 38.4 Å². The molecule has 2 atom stereocenters. The second kappa shape index (κ2) is 6.52. The van der Waals surface area contributed by atoms with Crippen LogP contribution in [0.1, 0.15) is 37.9 Å². The van der Waals surface area contributed by atoms with Crippen LogP contribution >= 0.6 is 24.0 Å². The monoisotopic (exact) mass is 331 g/mol. The Morgan fingerprint density at radius 2 is 1.70 bits per heavy atom. The summed E-state index contributed by atoms with van der Waals surface area (Å²) >= 11 is 5.59. The van der Waals surface area contributed by atoms with Crippen LogP contribution in [0.2, 0.25) is 5.02 Å². The zero-order valence-corrected chi connectivity index (χ0v) is 12.9. The summed E-state index contributed by atoms with van der Waals surface area (Å²) in [6.07, 6.45) is -5.66. The first kappa shape index (κ1) is 19.5. The first-order valence-corrected chi connectivity index (χ1v) is 6.12. The molecule has 116 valence electrons. The van der Waals surface area contributed by atoms with Gasteiger partial charge in [-0.2, -0.15) is 13.2 Å². The third kappa shape index (κ3) is 4.52. The number of nitrogens with two attached hydrogens (primary N) is 1. The van der Waals surface area contributed by atoms with Gasteiger partial charge in [0.25, 0.3) is 0 Å². The number of hydrogen-bond acceptors (Lipinski definition) is 2. The summed E-state index contributed by atoms with van der Waals surface area (Å²) in [7, 11) is 0. The molecule has 20 heavy (non-hydrogen) atoms. The second-order valence-electron chi connectivity index (χ2n) is 5.57. The maximum absolute atomic E-state index is 13.0. The van der Waals surface area contributed by atoms with Gasteiger partial charge >= 0.3 is 6.18 Å². The first-order chi connectivity index (χ1) is 8.44. The highest BCUT2D eigenvalue weighted by Gasteiger charge is 2.38. The van der Waals surface area contributed by atoms with Crippen LogP contribution in [0.15, 0.2) is 18.2 Å². The fourth-order valence-corrected chi connectivity index (χ4v) is 1.95. The lowest BCUT2D eigenvalue weighted by molar-refractivity contribution is -0.138. The molecule has 3 N–H and O–H groups in total. The van der Waals surface area contributed by atoms with E-state index in [1.54, 1.807) is 20.8 Å². The molecular weight excluding hydrogens is 314 g/mol. The van der Waals surface area contributed by atoms with Crippen molar-refractivity contribution in [2.24, 2.45) is 11.1 Å². The summed E-state index contributed by atoms with van der Waals surface area (Å²) < 4.78 is 38.9. The maximum atomic E-state index is 13.0. The van der Waals surface area contributed by atoms with Crippen molar-refractivity contribution < 1.29 is 18.3 Å². The molecule has 0 aromatic heterocycles. The fraction of sp³-hybridized carbons (Fsp3) is 0.538. The van der Waals surface area contributed by atoms with Gasteiger partial charge in [-0.25, -0.2) is 0 Å². The van der Waals surface area contributed by atoms with Crippen molar-refractivity contribution in [2.45, 2.75) is 39.1 Å². The number of alkyl halides is 3. The Kier molecular flexibility index (Phi) is 6.36. The van der Waals surface area contributed by atoms with E-state index in [1.807, 2.05) is 0 Å². The quantitative estimate of drug-likeness (QED) is 0.853. The summed E-state index contributed by atoms with van der Waals surface area (Å²) in [5.41, 5.74) is 4.10. The molecule has 7 heteroatoms. The van der Waals surface area contributed by atoms with E-state index >= 15 is 0 Å². The number of halogens is 5. The Morgan fingerprint density at radius 1 is 1.20 bits per heavy atom. The van der Waals surface area contributed by atoms with Crippen LogP contribution in [0.5, 0.6) is 0 Å². The summed E-state index contributed by atoms with van der Waals surface area (Å²) in [4.78, 5) is 0. The van der Waals surface area contributed by atoms with Crippen LogP contribution < -0.4 is 5.73 Å². The summed E-state index contributed by atoms with van der Waals surface area (Å²) in [5.74, 6) is 0. The molecule has 0 aliphatic rings. The van der Waals surface area contributed by atoms with Gasteiger partial charge in [0.2, 0.25) is 0 Å². The number of hydrogen-bond donors (Lipinski definition) is 2. The number of aliphatic hydroxyl groups excluding tert-OH is 1. The maximum Gasteiger partial charge on any atom is 0.416 e. The van der Waals surface area contributed by atoms with E-state index in [-0.39, 0.29) is 23.0 Å². The molecule has 0 aliphatic heterocycles. The standard InChI is InChI=1S/C13H17ClF3NO.ClH/c1-12(2,3)11(19)10(18)8-5-4-7(14)6-9(8)13(15,16)17;/h4-6,10-11,19H,18H2,1-3H3;1H/t10-,11-;/m1./s1. The molecule has 0 saturated carbocycles. The van der Waals surface area contributed by atoms with Gasteiger partial charge in [-0.15, -0.1) is 12.4 Å². The van der Waals surface area contributed by atoms with E-state index < -0.39 is 29.3 Å². The SMILES string of the molecule is CC(C)(C)[C@H](O)[C@H](N)c1ccc(Cl)cc1C(F)(F)F.Cl. The highest BCUT2D eigenvalue weighted by molar-refractivity contribution is 6.30. The molecule has 1 rings (SSSR count). The zero-order valence-electron chi connectivity index (χ0n) is 11.3. The molecule has 1 aromatic rings. The van der Waals surface area contributed by atoms with Crippen LogP contribution in [0.25, 0.3) is 0 Å². The van der Waals surface area contributed by atoms with Gasteiger partial charge < -0.3 is 10.8 Å². The summed E-state index contributed by atoms with van der Waals surface area (Å²) in [6.45, 7) is 5.13. The number of rotatable bonds is 2. The van der Waals surface area contributed by atoms with Gasteiger partial charge in [0.05, 0.1) is 17.7 Å². The van der Waals surface area contributed by atoms with Crippen molar-refractivity contribution >= 4 is 24.0 Å². The second-order valence-corrected chi connectivity index (χ2v) is 6.00. The Labute approximate surface area is 127 Å². The lowest BCUT2D eigenvalue weighted by Gasteiger charge is -2.32. The topological polar surface area (TPSA) is 46.2 Å². The van der Waals surface area contributed by atoms with Gasteiger partial charge in [-0.3, -0.25) is 0 Å². The van der Waals surface area contributed by atoms with Gasteiger partial charge in [0.1, 0.15) is 0 Å². The van der Waals surface area contributed by atoms with E-state index in [2.05, 4.69) is 0 Å². The molecule has 0 fully saturated rings. The van der Waals surface area contributed by atoms with Crippen molar-refractivity contribution in [2.75, 3.05) is 0 Å². The van der Waals surface area contributed by atoms with E-state index in [1.165, 1.54) is 12.1 Å². The van der Waals surface area contributed by atoms with Gasteiger partial charge in [0, 0.05) is 5.02 Å². The Bertz CT molecular complexity index is 458. The van der Waals surface area contributed by atoms with Crippen LogP contribution in [0.4, 0.5) is 13.2 Å². The smallest absolute Gasteiger partial charge is 0.391 e.